The second kappa shape index (κ2) is 9.38. The van der Waals surface area contributed by atoms with Crippen molar-refractivity contribution in [2.45, 2.75) is 50.0 Å². The van der Waals surface area contributed by atoms with Crippen molar-refractivity contribution in [3.05, 3.63) is 0 Å². The summed E-state index contributed by atoms with van der Waals surface area (Å²) in [6, 6.07) is 0. The molecule has 0 aromatic heterocycles. The Labute approximate surface area is 134 Å². The Morgan fingerprint density at radius 3 is 2.35 bits per heavy atom. The predicted octanol–water partition coefficient (Wildman–Crippen LogP) is -1.61. The Bertz CT molecular complexity index is 394. The van der Waals surface area contributed by atoms with Crippen molar-refractivity contribution in [2.24, 2.45) is 0 Å². The Hall–Kier alpha value is -0.130. The zero-order valence-corrected chi connectivity index (χ0v) is 13.9. The zero-order valence-electron chi connectivity index (χ0n) is 13.0. The predicted molar refractivity (Wildman–Crippen MR) is 76.6 cm³/mol. The fraction of sp³-hybridized carbons (Fsp3) is 1.00. The van der Waals surface area contributed by atoms with Crippen molar-refractivity contribution in [2.75, 3.05) is 26.9 Å². The highest BCUT2D eigenvalue weighted by atomic mass is 31.2. The first kappa shape index (κ1) is 20.9. The normalized spacial score (nSPS) is 35.7. The van der Waals surface area contributed by atoms with Gasteiger partial charge in [0.15, 0.2) is 0 Å². The second-order valence-corrected chi connectivity index (χ2v) is 6.61. The second-order valence-electron chi connectivity index (χ2n) is 5.20. The average molecular weight is 360 g/mol. The van der Waals surface area contributed by atoms with Gasteiger partial charge in [-0.05, 0) is 6.92 Å². The molecule has 138 valence electrons. The minimum absolute atomic E-state index is 0.145. The van der Waals surface area contributed by atoms with Crippen molar-refractivity contribution in [3.8, 4) is 0 Å². The monoisotopic (exact) mass is 360 g/mol. The number of hydrogen-bond donors (Lipinski definition) is 5. The minimum Gasteiger partial charge on any atom is -0.390 e. The molecule has 0 bridgehead atoms. The van der Waals surface area contributed by atoms with Crippen molar-refractivity contribution >= 4 is 7.82 Å². The van der Waals surface area contributed by atoms with Crippen LogP contribution in [0.5, 0.6) is 0 Å². The number of rotatable bonds is 9. The molecule has 1 aliphatic rings. The van der Waals surface area contributed by atoms with Crippen LogP contribution in [-0.2, 0) is 23.1 Å². The van der Waals surface area contributed by atoms with E-state index in [-0.39, 0.29) is 19.6 Å². The largest absolute Gasteiger partial charge is 0.472 e. The van der Waals surface area contributed by atoms with Gasteiger partial charge in [-0.15, -0.1) is 0 Å². The topological polar surface area (TPSA) is 155 Å². The van der Waals surface area contributed by atoms with Gasteiger partial charge in [0.05, 0.1) is 25.4 Å². The van der Waals surface area contributed by atoms with E-state index in [0.717, 1.165) is 0 Å². The van der Waals surface area contributed by atoms with E-state index in [2.05, 4.69) is 0 Å². The molecule has 1 fully saturated rings. The van der Waals surface area contributed by atoms with E-state index in [1.54, 1.807) is 6.92 Å². The molecular formula is C12H25O10P. The van der Waals surface area contributed by atoms with E-state index < -0.39 is 44.4 Å². The molecule has 11 heteroatoms. The van der Waals surface area contributed by atoms with Crippen molar-refractivity contribution in [1.29, 1.82) is 0 Å². The molecule has 0 radical (unpaired) electrons. The SMILES string of the molecule is CCOC[C@@H](COP(=O)(O)O[C@@H]1[C@H](O)[C@H](O)[C@@H](O)C[C@@H]1O)OC. The summed E-state index contributed by atoms with van der Waals surface area (Å²) in [6.07, 6.45) is -8.62. The lowest BCUT2D eigenvalue weighted by Gasteiger charge is -2.38. The molecule has 1 aliphatic carbocycles. The molecule has 23 heavy (non-hydrogen) atoms. The smallest absolute Gasteiger partial charge is 0.390 e. The van der Waals surface area contributed by atoms with Crippen LogP contribution in [0, 0.1) is 0 Å². The molecule has 10 nitrogen and oxygen atoms in total. The summed E-state index contributed by atoms with van der Waals surface area (Å²) in [6.45, 7) is 2.05. The highest BCUT2D eigenvalue weighted by Gasteiger charge is 2.46. The van der Waals surface area contributed by atoms with Crippen molar-refractivity contribution < 1.29 is 48.4 Å². The first-order valence-corrected chi connectivity index (χ1v) is 8.70. The van der Waals surface area contributed by atoms with Crippen molar-refractivity contribution in [3.63, 3.8) is 0 Å². The quantitative estimate of drug-likeness (QED) is 0.303. The van der Waals surface area contributed by atoms with Crippen LogP contribution in [-0.4, -0.2) is 88.9 Å². The minimum atomic E-state index is -4.63. The van der Waals surface area contributed by atoms with E-state index in [0.29, 0.717) is 6.61 Å². The van der Waals surface area contributed by atoms with Crippen LogP contribution in [0.2, 0.25) is 0 Å². The first-order valence-electron chi connectivity index (χ1n) is 7.20. The lowest BCUT2D eigenvalue weighted by molar-refractivity contribution is -0.173. The van der Waals surface area contributed by atoms with Crippen LogP contribution in [0.15, 0.2) is 0 Å². The lowest BCUT2D eigenvalue weighted by atomic mass is 9.87. The molecule has 5 N–H and O–H groups in total. The van der Waals surface area contributed by atoms with Gasteiger partial charge in [-0.2, -0.15) is 0 Å². The third kappa shape index (κ3) is 6.35. The maximum Gasteiger partial charge on any atom is 0.472 e. The molecule has 0 spiro atoms. The lowest BCUT2D eigenvalue weighted by Crippen LogP contribution is -2.56. The van der Waals surface area contributed by atoms with E-state index in [9.17, 15) is 29.9 Å². The van der Waals surface area contributed by atoms with Gasteiger partial charge in [0.25, 0.3) is 0 Å². The van der Waals surface area contributed by atoms with Gasteiger partial charge >= 0.3 is 7.82 Å². The Balaban J connectivity index is 2.57. The fourth-order valence-electron chi connectivity index (χ4n) is 2.10. The number of ether oxygens (including phenoxy) is 2. The standard InChI is InChI=1S/C12H25O10P/c1-3-20-5-7(19-2)6-21-23(17,18)22-12-9(14)4-8(13)10(15)11(12)16/h7-16H,3-6H2,1-2H3,(H,17,18)/t7-,8-,9-,10+,11+,12-/m0/s1. The first-order chi connectivity index (χ1) is 10.7. The van der Waals surface area contributed by atoms with Gasteiger partial charge in [0, 0.05) is 20.1 Å². The van der Waals surface area contributed by atoms with Gasteiger partial charge in [-0.25, -0.2) is 4.57 Å². The highest BCUT2D eigenvalue weighted by Crippen LogP contribution is 2.47. The third-order valence-corrected chi connectivity index (χ3v) is 4.45. The summed E-state index contributed by atoms with van der Waals surface area (Å²) in [5.74, 6) is 0. The van der Waals surface area contributed by atoms with Crippen LogP contribution < -0.4 is 0 Å². The van der Waals surface area contributed by atoms with Gasteiger partial charge in [-0.3, -0.25) is 9.05 Å². The molecular weight excluding hydrogens is 335 g/mol. The third-order valence-electron chi connectivity index (χ3n) is 3.46. The number of phosphoric acid groups is 1. The molecule has 1 rings (SSSR count). The van der Waals surface area contributed by atoms with Gasteiger partial charge < -0.3 is 34.8 Å². The molecule has 7 atom stereocenters. The van der Waals surface area contributed by atoms with Gasteiger partial charge in [-0.1, -0.05) is 0 Å². The van der Waals surface area contributed by atoms with E-state index in [4.69, 9.17) is 18.5 Å². The van der Waals surface area contributed by atoms with Crippen LogP contribution >= 0.6 is 7.82 Å². The maximum absolute atomic E-state index is 11.9. The fourth-order valence-corrected chi connectivity index (χ4v) is 3.09. The van der Waals surface area contributed by atoms with Gasteiger partial charge in [0.1, 0.15) is 24.4 Å². The molecule has 0 aromatic rings. The summed E-state index contributed by atoms with van der Waals surface area (Å²) >= 11 is 0. The molecule has 0 saturated heterocycles. The van der Waals surface area contributed by atoms with Crippen LogP contribution in [0.1, 0.15) is 13.3 Å². The Morgan fingerprint density at radius 1 is 1.13 bits per heavy atom. The van der Waals surface area contributed by atoms with Gasteiger partial charge in [0.2, 0.25) is 0 Å². The summed E-state index contributed by atoms with van der Waals surface area (Å²) in [7, 11) is -3.25. The number of phosphoric ester groups is 1. The van der Waals surface area contributed by atoms with Crippen molar-refractivity contribution in [1.82, 2.24) is 0 Å². The number of aliphatic hydroxyl groups is 4. The Kier molecular flexibility index (Phi) is 8.53. The Morgan fingerprint density at radius 2 is 1.78 bits per heavy atom. The van der Waals surface area contributed by atoms with Crippen LogP contribution in [0.25, 0.3) is 0 Å². The highest BCUT2D eigenvalue weighted by molar-refractivity contribution is 7.47. The molecule has 1 saturated carbocycles. The van der Waals surface area contributed by atoms with E-state index in [1.807, 2.05) is 0 Å². The molecule has 0 aromatic carbocycles. The molecule has 0 heterocycles. The molecule has 1 unspecified atom stereocenters. The summed E-state index contributed by atoms with van der Waals surface area (Å²) in [5, 5.41) is 38.4. The van der Waals surface area contributed by atoms with Crippen LogP contribution in [0.3, 0.4) is 0 Å². The summed E-state index contributed by atoms with van der Waals surface area (Å²) < 4.78 is 31.5. The number of methoxy groups -OCH3 is 1. The number of hydrogen-bond acceptors (Lipinski definition) is 9. The summed E-state index contributed by atoms with van der Waals surface area (Å²) in [4.78, 5) is 9.67. The maximum atomic E-state index is 11.9. The average Bonchev–Trinajstić information content (AvgIpc) is 2.50. The van der Waals surface area contributed by atoms with E-state index in [1.165, 1.54) is 7.11 Å². The van der Waals surface area contributed by atoms with Crippen LogP contribution in [0.4, 0.5) is 0 Å². The summed E-state index contributed by atoms with van der Waals surface area (Å²) in [5.41, 5.74) is 0. The van der Waals surface area contributed by atoms with E-state index >= 15 is 0 Å². The molecule has 0 amide bonds. The zero-order chi connectivity index (χ0) is 17.6. The number of aliphatic hydroxyl groups excluding tert-OH is 4. The molecule has 0 aliphatic heterocycles.